The Balaban J connectivity index is 1.27. The van der Waals surface area contributed by atoms with E-state index in [1.807, 2.05) is 24.3 Å². The molecule has 1 aliphatic heterocycles. The molecule has 0 bridgehead atoms. The lowest BCUT2D eigenvalue weighted by Crippen LogP contribution is -2.41. The Kier molecular flexibility index (Phi) is 5.94. The van der Waals surface area contributed by atoms with Gasteiger partial charge in [-0.2, -0.15) is 0 Å². The van der Waals surface area contributed by atoms with Crippen LogP contribution in [0.3, 0.4) is 0 Å². The van der Waals surface area contributed by atoms with Gasteiger partial charge in [-0.25, -0.2) is 0 Å². The highest BCUT2D eigenvalue weighted by Crippen LogP contribution is 2.24. The van der Waals surface area contributed by atoms with Crippen molar-refractivity contribution in [1.82, 2.24) is 15.2 Å². The van der Waals surface area contributed by atoms with Crippen LogP contribution in [0.15, 0.2) is 54.6 Å². The number of rotatable bonds is 5. The van der Waals surface area contributed by atoms with E-state index in [2.05, 4.69) is 40.5 Å². The van der Waals surface area contributed by atoms with Gasteiger partial charge < -0.3 is 5.32 Å². The number of aromatic nitrogens is 1. The molecule has 1 N–H and O–H groups in total. The molecule has 2 heterocycles. The molecule has 5 heteroatoms. The van der Waals surface area contributed by atoms with Crippen molar-refractivity contribution in [3.8, 4) is 0 Å². The standard InChI is InChI=1S/C22H23Cl2N3/c23-20-8-5-16(13-21(20)24)15-27-11-9-18(10-12-27)25-14-19-7-6-17-3-1-2-4-22(17)26-19/h1-8,13,18,25H,9-12,14-15H2. The Morgan fingerprint density at radius 1 is 0.963 bits per heavy atom. The summed E-state index contributed by atoms with van der Waals surface area (Å²) >= 11 is 12.1. The highest BCUT2D eigenvalue weighted by atomic mass is 35.5. The molecule has 3 aromatic rings. The van der Waals surface area contributed by atoms with Gasteiger partial charge in [-0.05, 0) is 55.8 Å². The Labute approximate surface area is 170 Å². The number of para-hydroxylation sites is 1. The number of nitrogens with one attached hydrogen (secondary N) is 1. The number of likely N-dealkylation sites (tertiary alicyclic amines) is 1. The summed E-state index contributed by atoms with van der Waals surface area (Å²) in [6.45, 7) is 3.92. The lowest BCUT2D eigenvalue weighted by molar-refractivity contribution is 0.190. The zero-order chi connectivity index (χ0) is 18.6. The van der Waals surface area contributed by atoms with Gasteiger partial charge in [0.25, 0.3) is 0 Å². The molecule has 0 amide bonds. The first kappa shape index (κ1) is 18.7. The zero-order valence-electron chi connectivity index (χ0n) is 15.2. The molecule has 1 aliphatic rings. The third-order valence-electron chi connectivity index (χ3n) is 5.21. The van der Waals surface area contributed by atoms with Gasteiger partial charge in [0, 0.05) is 24.5 Å². The molecule has 140 valence electrons. The smallest absolute Gasteiger partial charge is 0.0705 e. The van der Waals surface area contributed by atoms with Gasteiger partial charge in [-0.3, -0.25) is 9.88 Å². The topological polar surface area (TPSA) is 28.2 Å². The van der Waals surface area contributed by atoms with E-state index in [1.54, 1.807) is 0 Å². The molecule has 0 spiro atoms. The molecule has 2 aromatic carbocycles. The van der Waals surface area contributed by atoms with E-state index in [4.69, 9.17) is 28.2 Å². The second-order valence-electron chi connectivity index (χ2n) is 7.18. The minimum atomic E-state index is 0.545. The van der Waals surface area contributed by atoms with Crippen LogP contribution < -0.4 is 5.32 Å². The summed E-state index contributed by atoms with van der Waals surface area (Å²) in [5, 5.41) is 6.12. The Bertz CT molecular complexity index is 920. The van der Waals surface area contributed by atoms with E-state index in [-0.39, 0.29) is 0 Å². The van der Waals surface area contributed by atoms with Gasteiger partial charge in [0.2, 0.25) is 0 Å². The van der Waals surface area contributed by atoms with Crippen molar-refractivity contribution in [2.75, 3.05) is 13.1 Å². The predicted molar refractivity (Wildman–Crippen MR) is 113 cm³/mol. The van der Waals surface area contributed by atoms with E-state index < -0.39 is 0 Å². The van der Waals surface area contributed by atoms with E-state index in [0.717, 1.165) is 50.2 Å². The number of hydrogen-bond acceptors (Lipinski definition) is 3. The van der Waals surface area contributed by atoms with E-state index in [0.29, 0.717) is 16.1 Å². The predicted octanol–water partition coefficient (Wildman–Crippen LogP) is 5.30. The van der Waals surface area contributed by atoms with Crippen LogP contribution in [0.25, 0.3) is 10.9 Å². The van der Waals surface area contributed by atoms with Crippen LogP contribution in [0.4, 0.5) is 0 Å². The maximum atomic E-state index is 6.12. The molecule has 4 rings (SSSR count). The van der Waals surface area contributed by atoms with Crippen molar-refractivity contribution in [1.29, 1.82) is 0 Å². The van der Waals surface area contributed by atoms with Crippen molar-refractivity contribution in [3.63, 3.8) is 0 Å². The first-order valence-corrected chi connectivity index (χ1v) is 10.2. The summed E-state index contributed by atoms with van der Waals surface area (Å²) < 4.78 is 0. The monoisotopic (exact) mass is 399 g/mol. The summed E-state index contributed by atoms with van der Waals surface area (Å²) in [6, 6.07) is 19.0. The van der Waals surface area contributed by atoms with E-state index in [1.165, 1.54) is 10.9 Å². The number of fused-ring (bicyclic) bond motifs is 1. The summed E-state index contributed by atoms with van der Waals surface area (Å²) in [4.78, 5) is 7.23. The van der Waals surface area contributed by atoms with Crippen LogP contribution >= 0.6 is 23.2 Å². The molecular formula is C22H23Cl2N3. The van der Waals surface area contributed by atoms with Crippen LogP contribution in [-0.2, 0) is 13.1 Å². The normalized spacial score (nSPS) is 16.1. The lowest BCUT2D eigenvalue weighted by Gasteiger charge is -2.32. The SMILES string of the molecule is Clc1ccc(CN2CCC(NCc3ccc4ccccc4n3)CC2)cc1Cl. The molecule has 0 radical (unpaired) electrons. The summed E-state index contributed by atoms with van der Waals surface area (Å²) in [6.07, 6.45) is 2.30. The number of piperidine rings is 1. The fourth-order valence-corrected chi connectivity index (χ4v) is 3.97. The first-order valence-electron chi connectivity index (χ1n) is 9.42. The van der Waals surface area contributed by atoms with Gasteiger partial charge in [0.1, 0.15) is 0 Å². The van der Waals surface area contributed by atoms with E-state index in [9.17, 15) is 0 Å². The zero-order valence-corrected chi connectivity index (χ0v) is 16.7. The molecule has 1 aromatic heterocycles. The number of pyridine rings is 1. The quantitative estimate of drug-likeness (QED) is 0.630. The van der Waals surface area contributed by atoms with Crippen molar-refractivity contribution >= 4 is 34.1 Å². The largest absolute Gasteiger partial charge is 0.308 e. The molecule has 1 saturated heterocycles. The van der Waals surface area contributed by atoms with Crippen molar-refractivity contribution in [3.05, 3.63) is 75.9 Å². The number of benzene rings is 2. The number of hydrogen-bond donors (Lipinski definition) is 1. The van der Waals surface area contributed by atoms with Crippen molar-refractivity contribution in [2.45, 2.75) is 32.0 Å². The van der Waals surface area contributed by atoms with Gasteiger partial charge in [0.15, 0.2) is 0 Å². The van der Waals surface area contributed by atoms with E-state index >= 15 is 0 Å². The van der Waals surface area contributed by atoms with Crippen molar-refractivity contribution < 1.29 is 0 Å². The fourth-order valence-electron chi connectivity index (χ4n) is 3.65. The Hall–Kier alpha value is -1.65. The molecule has 0 unspecified atom stereocenters. The summed E-state index contributed by atoms with van der Waals surface area (Å²) in [7, 11) is 0. The average molecular weight is 400 g/mol. The first-order chi connectivity index (χ1) is 13.2. The number of nitrogens with zero attached hydrogens (tertiary/aromatic N) is 2. The van der Waals surface area contributed by atoms with Crippen LogP contribution in [0, 0.1) is 0 Å². The van der Waals surface area contributed by atoms with Crippen molar-refractivity contribution in [2.24, 2.45) is 0 Å². The molecule has 0 aliphatic carbocycles. The van der Waals surface area contributed by atoms with Crippen LogP contribution in [-0.4, -0.2) is 29.0 Å². The minimum Gasteiger partial charge on any atom is -0.308 e. The van der Waals surface area contributed by atoms with Crippen LogP contribution in [0.5, 0.6) is 0 Å². The second kappa shape index (κ2) is 8.57. The third kappa shape index (κ3) is 4.80. The fraction of sp³-hybridized carbons (Fsp3) is 0.318. The van der Waals surface area contributed by atoms with Crippen LogP contribution in [0.1, 0.15) is 24.1 Å². The Morgan fingerprint density at radius 2 is 1.78 bits per heavy atom. The third-order valence-corrected chi connectivity index (χ3v) is 5.94. The Morgan fingerprint density at radius 3 is 2.59 bits per heavy atom. The minimum absolute atomic E-state index is 0.545. The lowest BCUT2D eigenvalue weighted by atomic mass is 10.0. The molecular weight excluding hydrogens is 377 g/mol. The molecule has 0 atom stereocenters. The molecule has 27 heavy (non-hydrogen) atoms. The summed E-state index contributed by atoms with van der Waals surface area (Å²) in [5.41, 5.74) is 3.39. The molecule has 1 fully saturated rings. The van der Waals surface area contributed by atoms with Gasteiger partial charge in [-0.15, -0.1) is 0 Å². The van der Waals surface area contributed by atoms with Gasteiger partial charge >= 0.3 is 0 Å². The van der Waals surface area contributed by atoms with Crippen LogP contribution in [0.2, 0.25) is 10.0 Å². The molecule has 3 nitrogen and oxygen atoms in total. The average Bonchev–Trinajstić information content (AvgIpc) is 2.70. The molecule has 0 saturated carbocycles. The van der Waals surface area contributed by atoms with Gasteiger partial charge in [-0.1, -0.05) is 53.5 Å². The summed E-state index contributed by atoms with van der Waals surface area (Å²) in [5.74, 6) is 0. The highest BCUT2D eigenvalue weighted by Gasteiger charge is 2.19. The number of halogens is 2. The highest BCUT2D eigenvalue weighted by molar-refractivity contribution is 6.42. The van der Waals surface area contributed by atoms with Gasteiger partial charge in [0.05, 0.1) is 21.3 Å². The maximum absolute atomic E-state index is 6.12. The maximum Gasteiger partial charge on any atom is 0.0705 e. The second-order valence-corrected chi connectivity index (χ2v) is 7.99.